The zero-order valence-corrected chi connectivity index (χ0v) is 16.0. The van der Waals surface area contributed by atoms with Gasteiger partial charge in [0.1, 0.15) is 17.0 Å². The van der Waals surface area contributed by atoms with Gasteiger partial charge in [-0.1, -0.05) is 6.07 Å². The third-order valence-corrected chi connectivity index (χ3v) is 4.30. The van der Waals surface area contributed by atoms with E-state index in [-0.39, 0.29) is 12.0 Å². The summed E-state index contributed by atoms with van der Waals surface area (Å²) in [5.41, 5.74) is 0.130. The van der Waals surface area contributed by atoms with Crippen molar-refractivity contribution in [1.82, 2.24) is 10.2 Å². The van der Waals surface area contributed by atoms with E-state index in [1.165, 1.54) is 25.1 Å². The number of hydrogen-bond donors (Lipinski definition) is 1. The molecule has 0 unspecified atom stereocenters. The number of sulfonamides is 1. The summed E-state index contributed by atoms with van der Waals surface area (Å²) < 4.78 is 106. The van der Waals surface area contributed by atoms with Crippen molar-refractivity contribution >= 4 is 22.3 Å². The van der Waals surface area contributed by atoms with Gasteiger partial charge >= 0.3 is 18.3 Å². The Bertz CT molecular complexity index is 851. The van der Waals surface area contributed by atoms with Gasteiger partial charge in [-0.15, -0.1) is 4.40 Å². The highest BCUT2D eigenvalue weighted by Crippen LogP contribution is 2.29. The molecule has 0 aliphatic rings. The number of ether oxygens (including phenoxy) is 1. The summed E-state index contributed by atoms with van der Waals surface area (Å²) in [4.78, 5) is 11.4. The maximum Gasteiger partial charge on any atom is 0.471 e. The summed E-state index contributed by atoms with van der Waals surface area (Å²) in [7, 11) is -1.56. The number of halogens is 6. The monoisotopic (exact) mass is 449 g/mol. The van der Waals surface area contributed by atoms with E-state index in [0.29, 0.717) is 0 Å². The summed E-state index contributed by atoms with van der Waals surface area (Å²) in [6, 6.07) is 3.03. The van der Waals surface area contributed by atoms with Gasteiger partial charge in [0.2, 0.25) is 0 Å². The van der Waals surface area contributed by atoms with Crippen molar-refractivity contribution in [3.05, 3.63) is 23.8 Å². The lowest BCUT2D eigenvalue weighted by Crippen LogP contribution is -2.37. The number of nitrogens with zero attached hydrogens (tertiary/aromatic N) is 2. The number of nitrogens with one attached hydrogen (secondary N) is 1. The van der Waals surface area contributed by atoms with Crippen LogP contribution in [0.3, 0.4) is 0 Å². The topological polar surface area (TPSA) is 88.1 Å². The first-order valence-corrected chi connectivity index (χ1v) is 9.20. The highest BCUT2D eigenvalue weighted by atomic mass is 32.2. The standard InChI is InChI=1S/C15H17F6N3O4S/c1-24(2)9-23-29(26,27)12-7-10(5-6-22-13(25)15(19,20)21)3-4-11(12)28-8-14(16,17)18/h3-4,7,9H,5-6,8H2,1-2H3,(H,22,25)/b23-9+. The van der Waals surface area contributed by atoms with Crippen molar-refractivity contribution < 1.29 is 44.3 Å². The van der Waals surface area contributed by atoms with Crippen LogP contribution in [0.1, 0.15) is 5.56 Å². The maximum absolute atomic E-state index is 12.4. The molecule has 14 heteroatoms. The zero-order chi connectivity index (χ0) is 22.5. The molecule has 0 bridgehead atoms. The van der Waals surface area contributed by atoms with Crippen LogP contribution in [0.2, 0.25) is 0 Å². The van der Waals surface area contributed by atoms with E-state index in [0.717, 1.165) is 18.5 Å². The fourth-order valence-corrected chi connectivity index (χ4v) is 2.93. The Morgan fingerprint density at radius 2 is 1.83 bits per heavy atom. The van der Waals surface area contributed by atoms with Gasteiger partial charge in [-0.05, 0) is 24.1 Å². The van der Waals surface area contributed by atoms with Gasteiger partial charge < -0.3 is 15.0 Å². The second-order valence-corrected chi connectivity index (χ2v) is 7.45. The summed E-state index contributed by atoms with van der Waals surface area (Å²) in [5.74, 6) is -2.80. The minimum absolute atomic E-state index is 0.130. The van der Waals surface area contributed by atoms with Crippen LogP contribution in [-0.2, 0) is 21.2 Å². The average molecular weight is 449 g/mol. The third-order valence-electron chi connectivity index (χ3n) is 3.05. The molecule has 0 saturated heterocycles. The molecule has 164 valence electrons. The Balaban J connectivity index is 3.12. The second kappa shape index (κ2) is 9.33. The first kappa shape index (κ1) is 24.5. The molecule has 0 heterocycles. The summed E-state index contributed by atoms with van der Waals surface area (Å²) >= 11 is 0. The van der Waals surface area contributed by atoms with Gasteiger partial charge in [0.25, 0.3) is 10.0 Å². The van der Waals surface area contributed by atoms with Crippen LogP contribution in [0.15, 0.2) is 27.5 Å². The van der Waals surface area contributed by atoms with Crippen molar-refractivity contribution in [2.75, 3.05) is 27.2 Å². The highest BCUT2D eigenvalue weighted by Gasteiger charge is 2.38. The highest BCUT2D eigenvalue weighted by molar-refractivity contribution is 7.90. The van der Waals surface area contributed by atoms with E-state index in [9.17, 15) is 39.6 Å². The van der Waals surface area contributed by atoms with E-state index >= 15 is 0 Å². The van der Waals surface area contributed by atoms with Crippen molar-refractivity contribution in [2.24, 2.45) is 4.40 Å². The smallest absolute Gasteiger partial charge is 0.471 e. The SMILES string of the molecule is CN(C)/C=N/S(=O)(=O)c1cc(CCNC(=O)C(F)(F)F)ccc1OCC(F)(F)F. The Labute approximate surface area is 162 Å². The molecule has 0 aromatic heterocycles. The van der Waals surface area contributed by atoms with Crippen molar-refractivity contribution in [1.29, 1.82) is 0 Å². The largest absolute Gasteiger partial charge is 0.483 e. The van der Waals surface area contributed by atoms with E-state index in [4.69, 9.17) is 0 Å². The fraction of sp³-hybridized carbons (Fsp3) is 0.467. The van der Waals surface area contributed by atoms with Gasteiger partial charge in [-0.3, -0.25) is 4.79 Å². The van der Waals surface area contributed by atoms with Crippen LogP contribution in [0, 0.1) is 0 Å². The molecule has 0 aliphatic carbocycles. The van der Waals surface area contributed by atoms with E-state index in [1.807, 2.05) is 0 Å². The molecule has 0 saturated carbocycles. The molecule has 7 nitrogen and oxygen atoms in total. The quantitative estimate of drug-likeness (QED) is 0.373. The molecule has 0 aliphatic heterocycles. The van der Waals surface area contributed by atoms with Crippen LogP contribution in [-0.4, -0.2) is 65.2 Å². The summed E-state index contributed by atoms with van der Waals surface area (Å²) in [5, 5.41) is 1.60. The predicted octanol–water partition coefficient (Wildman–Crippen LogP) is 2.13. The Kier molecular flexibility index (Phi) is 7.89. The maximum atomic E-state index is 12.4. The second-order valence-electron chi connectivity index (χ2n) is 5.85. The van der Waals surface area contributed by atoms with Crippen LogP contribution < -0.4 is 10.1 Å². The molecule has 1 N–H and O–H groups in total. The van der Waals surface area contributed by atoms with Crippen LogP contribution in [0.5, 0.6) is 5.75 Å². The van der Waals surface area contributed by atoms with Gasteiger partial charge in [-0.2, -0.15) is 34.8 Å². The molecule has 0 atom stereocenters. The number of carbonyl (C=O) groups excluding carboxylic acids is 1. The number of amides is 1. The molecule has 1 rings (SSSR count). The number of rotatable bonds is 8. The molecule has 0 radical (unpaired) electrons. The lowest BCUT2D eigenvalue weighted by atomic mass is 10.1. The average Bonchev–Trinajstić information content (AvgIpc) is 2.57. The molecule has 0 fully saturated rings. The first-order chi connectivity index (χ1) is 13.1. The lowest BCUT2D eigenvalue weighted by Gasteiger charge is -2.14. The van der Waals surface area contributed by atoms with Gasteiger partial charge in [0, 0.05) is 20.6 Å². The van der Waals surface area contributed by atoms with E-state index < -0.39 is 52.1 Å². The van der Waals surface area contributed by atoms with E-state index in [1.54, 1.807) is 5.32 Å². The summed E-state index contributed by atoms with van der Waals surface area (Å²) in [6.45, 7) is -2.24. The molecule has 0 spiro atoms. The Hall–Kier alpha value is -2.51. The lowest BCUT2D eigenvalue weighted by molar-refractivity contribution is -0.173. The molecular formula is C15H17F6N3O4S. The minimum Gasteiger partial charge on any atom is -0.483 e. The Morgan fingerprint density at radius 3 is 2.34 bits per heavy atom. The van der Waals surface area contributed by atoms with Crippen LogP contribution >= 0.6 is 0 Å². The summed E-state index contributed by atoms with van der Waals surface area (Å²) in [6.07, 6.45) is -9.13. The minimum atomic E-state index is -5.08. The van der Waals surface area contributed by atoms with E-state index in [2.05, 4.69) is 9.13 Å². The number of alkyl halides is 6. The predicted molar refractivity (Wildman–Crippen MR) is 90.1 cm³/mol. The van der Waals surface area contributed by atoms with Crippen molar-refractivity contribution in [3.63, 3.8) is 0 Å². The van der Waals surface area contributed by atoms with Crippen LogP contribution in [0.4, 0.5) is 26.3 Å². The number of hydrogen-bond acceptors (Lipinski definition) is 4. The number of carbonyl (C=O) groups is 1. The zero-order valence-electron chi connectivity index (χ0n) is 15.1. The molecule has 1 aromatic carbocycles. The molecule has 1 amide bonds. The fourth-order valence-electron chi connectivity index (χ4n) is 1.82. The van der Waals surface area contributed by atoms with Crippen LogP contribution in [0.25, 0.3) is 0 Å². The third kappa shape index (κ3) is 8.58. The normalized spacial score (nSPS) is 12.8. The van der Waals surface area contributed by atoms with Crippen molar-refractivity contribution in [2.45, 2.75) is 23.7 Å². The van der Waals surface area contributed by atoms with Gasteiger partial charge in [-0.25, -0.2) is 0 Å². The number of benzene rings is 1. The first-order valence-electron chi connectivity index (χ1n) is 7.76. The van der Waals surface area contributed by atoms with Gasteiger partial charge in [0.15, 0.2) is 6.61 Å². The molecule has 29 heavy (non-hydrogen) atoms. The molecular weight excluding hydrogens is 432 g/mol. The molecule has 1 aromatic rings. The van der Waals surface area contributed by atoms with Gasteiger partial charge in [0.05, 0.1) is 0 Å². The Morgan fingerprint density at radius 1 is 1.21 bits per heavy atom. The van der Waals surface area contributed by atoms with Crippen molar-refractivity contribution in [3.8, 4) is 5.75 Å².